The van der Waals surface area contributed by atoms with E-state index in [0.29, 0.717) is 19.4 Å². The summed E-state index contributed by atoms with van der Waals surface area (Å²) in [7, 11) is 0. The van der Waals surface area contributed by atoms with Crippen molar-refractivity contribution in [1.29, 1.82) is 0 Å². The standard InChI is InChI=1S/C13H23NO4/c1-5-6-9-18-10(2)12(17)14-13(3,4)8-7-11(15)16/h5,10H,1,6-9H2,2-4H3,(H,14,17)(H,15,16). The Morgan fingerprint density at radius 2 is 2.11 bits per heavy atom. The van der Waals surface area contributed by atoms with Crippen LogP contribution in [-0.2, 0) is 14.3 Å². The molecule has 5 nitrogen and oxygen atoms in total. The first-order valence-corrected chi connectivity index (χ1v) is 6.05. The predicted molar refractivity (Wildman–Crippen MR) is 69.3 cm³/mol. The van der Waals surface area contributed by atoms with E-state index in [1.54, 1.807) is 26.8 Å². The molecule has 18 heavy (non-hydrogen) atoms. The lowest BCUT2D eigenvalue weighted by Gasteiger charge is -2.27. The molecule has 0 saturated heterocycles. The highest BCUT2D eigenvalue weighted by atomic mass is 16.5. The average Bonchev–Trinajstić information content (AvgIpc) is 2.26. The van der Waals surface area contributed by atoms with Crippen LogP contribution in [0.25, 0.3) is 0 Å². The molecule has 0 spiro atoms. The fourth-order valence-electron chi connectivity index (χ4n) is 1.32. The molecule has 1 atom stereocenters. The minimum absolute atomic E-state index is 0.0268. The fourth-order valence-corrected chi connectivity index (χ4v) is 1.32. The minimum atomic E-state index is -0.868. The first-order chi connectivity index (χ1) is 8.28. The molecule has 0 aromatic carbocycles. The van der Waals surface area contributed by atoms with E-state index < -0.39 is 17.6 Å². The maximum Gasteiger partial charge on any atom is 0.303 e. The molecule has 0 aliphatic carbocycles. The van der Waals surface area contributed by atoms with E-state index >= 15 is 0 Å². The Hall–Kier alpha value is -1.36. The van der Waals surface area contributed by atoms with Crippen molar-refractivity contribution in [2.24, 2.45) is 0 Å². The molecule has 0 aromatic rings. The van der Waals surface area contributed by atoms with Gasteiger partial charge in [-0.05, 0) is 33.6 Å². The summed E-state index contributed by atoms with van der Waals surface area (Å²) in [4.78, 5) is 22.3. The number of carboxylic acids is 1. The van der Waals surface area contributed by atoms with Gasteiger partial charge < -0.3 is 15.2 Å². The zero-order valence-electron chi connectivity index (χ0n) is 11.4. The summed E-state index contributed by atoms with van der Waals surface area (Å²) in [6.07, 6.45) is 2.28. The van der Waals surface area contributed by atoms with Gasteiger partial charge in [-0.2, -0.15) is 0 Å². The molecule has 2 N–H and O–H groups in total. The number of hydrogen-bond donors (Lipinski definition) is 2. The number of hydrogen-bond acceptors (Lipinski definition) is 3. The van der Waals surface area contributed by atoms with Crippen molar-refractivity contribution in [3.8, 4) is 0 Å². The summed E-state index contributed by atoms with van der Waals surface area (Å²) >= 11 is 0. The quantitative estimate of drug-likeness (QED) is 0.487. The van der Waals surface area contributed by atoms with Crippen LogP contribution in [0, 0.1) is 0 Å². The normalized spacial score (nSPS) is 12.8. The van der Waals surface area contributed by atoms with Crippen LogP contribution in [0.5, 0.6) is 0 Å². The van der Waals surface area contributed by atoms with E-state index in [-0.39, 0.29) is 12.3 Å². The molecule has 0 heterocycles. The SMILES string of the molecule is C=CCCOC(C)C(=O)NC(C)(C)CCC(=O)O. The van der Waals surface area contributed by atoms with Gasteiger partial charge in [0.1, 0.15) is 6.10 Å². The van der Waals surface area contributed by atoms with Crippen LogP contribution in [0.15, 0.2) is 12.7 Å². The summed E-state index contributed by atoms with van der Waals surface area (Å²) < 4.78 is 5.32. The Kier molecular flexibility index (Phi) is 7.27. The number of amides is 1. The Morgan fingerprint density at radius 3 is 2.61 bits per heavy atom. The van der Waals surface area contributed by atoms with Crippen LogP contribution < -0.4 is 5.32 Å². The highest BCUT2D eigenvalue weighted by molar-refractivity contribution is 5.81. The molecule has 5 heteroatoms. The Labute approximate surface area is 108 Å². The zero-order chi connectivity index (χ0) is 14.2. The molecule has 0 saturated carbocycles. The zero-order valence-corrected chi connectivity index (χ0v) is 11.4. The van der Waals surface area contributed by atoms with Gasteiger partial charge in [-0.3, -0.25) is 9.59 Å². The first kappa shape index (κ1) is 16.6. The second kappa shape index (κ2) is 7.87. The number of carboxylic acid groups (broad SMARTS) is 1. The smallest absolute Gasteiger partial charge is 0.303 e. The van der Waals surface area contributed by atoms with Gasteiger partial charge in [0.25, 0.3) is 0 Å². The van der Waals surface area contributed by atoms with Crippen LogP contribution in [0.2, 0.25) is 0 Å². The molecule has 1 amide bonds. The number of ether oxygens (including phenoxy) is 1. The highest BCUT2D eigenvalue weighted by Gasteiger charge is 2.24. The lowest BCUT2D eigenvalue weighted by Crippen LogP contribution is -2.48. The number of rotatable bonds is 9. The molecule has 0 radical (unpaired) electrons. The Balaban J connectivity index is 4.10. The van der Waals surface area contributed by atoms with E-state index in [4.69, 9.17) is 9.84 Å². The largest absolute Gasteiger partial charge is 0.481 e. The van der Waals surface area contributed by atoms with E-state index in [9.17, 15) is 9.59 Å². The van der Waals surface area contributed by atoms with Crippen molar-refractivity contribution in [3.05, 3.63) is 12.7 Å². The van der Waals surface area contributed by atoms with Gasteiger partial charge >= 0.3 is 5.97 Å². The molecule has 0 bridgehead atoms. The van der Waals surface area contributed by atoms with Gasteiger partial charge in [0.2, 0.25) is 5.91 Å². The Morgan fingerprint density at radius 1 is 1.50 bits per heavy atom. The third-order valence-electron chi connectivity index (χ3n) is 2.48. The van der Waals surface area contributed by atoms with Gasteiger partial charge in [0.05, 0.1) is 6.61 Å². The van der Waals surface area contributed by atoms with E-state index in [1.807, 2.05) is 0 Å². The van der Waals surface area contributed by atoms with E-state index in [1.165, 1.54) is 0 Å². The highest BCUT2D eigenvalue weighted by Crippen LogP contribution is 2.11. The lowest BCUT2D eigenvalue weighted by atomic mass is 9.98. The van der Waals surface area contributed by atoms with Gasteiger partial charge in [-0.15, -0.1) is 6.58 Å². The third-order valence-corrected chi connectivity index (χ3v) is 2.48. The van der Waals surface area contributed by atoms with Crippen molar-refractivity contribution >= 4 is 11.9 Å². The fraction of sp³-hybridized carbons (Fsp3) is 0.692. The monoisotopic (exact) mass is 257 g/mol. The van der Waals surface area contributed by atoms with Crippen molar-refractivity contribution < 1.29 is 19.4 Å². The minimum Gasteiger partial charge on any atom is -0.481 e. The van der Waals surface area contributed by atoms with Crippen LogP contribution in [0.1, 0.15) is 40.0 Å². The molecule has 104 valence electrons. The molecule has 0 aliphatic rings. The van der Waals surface area contributed by atoms with Crippen LogP contribution in [0.4, 0.5) is 0 Å². The molecule has 1 unspecified atom stereocenters. The van der Waals surface area contributed by atoms with Gasteiger partial charge in [0.15, 0.2) is 0 Å². The number of nitrogens with one attached hydrogen (secondary N) is 1. The molecule has 0 rings (SSSR count). The molecular formula is C13H23NO4. The maximum absolute atomic E-state index is 11.8. The molecular weight excluding hydrogens is 234 g/mol. The van der Waals surface area contributed by atoms with E-state index in [2.05, 4.69) is 11.9 Å². The third kappa shape index (κ3) is 7.84. The van der Waals surface area contributed by atoms with Crippen LogP contribution in [-0.4, -0.2) is 35.2 Å². The van der Waals surface area contributed by atoms with Crippen LogP contribution in [0.3, 0.4) is 0 Å². The van der Waals surface area contributed by atoms with E-state index in [0.717, 1.165) is 0 Å². The van der Waals surface area contributed by atoms with Gasteiger partial charge in [-0.1, -0.05) is 6.08 Å². The number of carbonyl (C=O) groups excluding carboxylic acids is 1. The summed E-state index contributed by atoms with van der Waals surface area (Å²) in [5.74, 6) is -1.10. The topological polar surface area (TPSA) is 75.6 Å². The van der Waals surface area contributed by atoms with Gasteiger partial charge in [0, 0.05) is 12.0 Å². The van der Waals surface area contributed by atoms with Crippen molar-refractivity contribution in [3.63, 3.8) is 0 Å². The summed E-state index contributed by atoms with van der Waals surface area (Å²) in [6.45, 7) is 9.28. The summed E-state index contributed by atoms with van der Waals surface area (Å²) in [5.41, 5.74) is -0.550. The first-order valence-electron chi connectivity index (χ1n) is 6.05. The second-order valence-corrected chi connectivity index (χ2v) is 4.86. The summed E-state index contributed by atoms with van der Waals surface area (Å²) in [5, 5.41) is 11.4. The van der Waals surface area contributed by atoms with Crippen molar-refractivity contribution in [1.82, 2.24) is 5.32 Å². The van der Waals surface area contributed by atoms with Gasteiger partial charge in [-0.25, -0.2) is 0 Å². The van der Waals surface area contributed by atoms with Crippen molar-refractivity contribution in [2.75, 3.05) is 6.61 Å². The average molecular weight is 257 g/mol. The molecule has 0 aromatic heterocycles. The van der Waals surface area contributed by atoms with Crippen molar-refractivity contribution in [2.45, 2.75) is 51.7 Å². The maximum atomic E-state index is 11.8. The molecule has 0 fully saturated rings. The number of aliphatic carboxylic acids is 1. The number of carbonyl (C=O) groups is 2. The second-order valence-electron chi connectivity index (χ2n) is 4.86. The Bertz CT molecular complexity index is 299. The predicted octanol–water partition coefficient (Wildman–Crippen LogP) is 1.73. The molecule has 0 aliphatic heterocycles. The van der Waals surface area contributed by atoms with Crippen LogP contribution >= 0.6 is 0 Å². The lowest BCUT2D eigenvalue weighted by molar-refractivity contribution is -0.138. The summed E-state index contributed by atoms with van der Waals surface area (Å²) in [6, 6.07) is 0.